The third-order valence-electron chi connectivity index (χ3n) is 3.35. The van der Waals surface area contributed by atoms with E-state index in [1.54, 1.807) is 0 Å². The maximum atomic E-state index is 11.6. The van der Waals surface area contributed by atoms with Crippen LogP contribution in [0.25, 0.3) is 0 Å². The molecule has 1 fully saturated rings. The number of Topliss-reactive ketones (excluding diaryl/α,β-unsaturated/α-hetero) is 1. The van der Waals surface area contributed by atoms with Crippen molar-refractivity contribution >= 4 is 30.6 Å². The Morgan fingerprint density at radius 2 is 1.95 bits per heavy atom. The minimum absolute atomic E-state index is 0. The molecule has 1 saturated heterocycles. The number of fused-ring (bicyclic) bond motifs is 1. The number of carbonyl (C=O) groups excluding carboxylic acids is 1. The third kappa shape index (κ3) is 3.39. The maximum absolute atomic E-state index is 11.6. The number of benzene rings is 1. The van der Waals surface area contributed by atoms with Crippen LogP contribution in [0.5, 0.6) is 5.75 Å². The first kappa shape index (κ1) is 16.2. The molecule has 0 amide bonds. The van der Waals surface area contributed by atoms with Gasteiger partial charge >= 0.3 is 0 Å². The van der Waals surface area contributed by atoms with Crippen molar-refractivity contribution in [2.45, 2.75) is 6.54 Å². The topological polar surface area (TPSA) is 41.6 Å². The fourth-order valence-electron chi connectivity index (χ4n) is 2.43. The van der Waals surface area contributed by atoms with Crippen LogP contribution >= 0.6 is 24.8 Å². The summed E-state index contributed by atoms with van der Waals surface area (Å²) < 4.78 is 5.49. The van der Waals surface area contributed by atoms with Gasteiger partial charge in [0.1, 0.15) is 5.75 Å². The standard InChI is InChI=1S/C13H16N2O2.2ClH/c16-12-9-17-13-10(2-1-3-11(12)13)8-15-6-4-14-5-7-15;;/h1-3,14H,4-9H2;2*1H. The lowest BCUT2D eigenvalue weighted by Gasteiger charge is -2.27. The van der Waals surface area contributed by atoms with Crippen LogP contribution in [-0.2, 0) is 6.54 Å². The molecule has 2 aliphatic heterocycles. The summed E-state index contributed by atoms with van der Waals surface area (Å²) in [5.41, 5.74) is 1.88. The minimum Gasteiger partial charge on any atom is -0.484 e. The molecular formula is C13H18Cl2N2O2. The molecule has 2 heterocycles. The van der Waals surface area contributed by atoms with E-state index in [0.717, 1.165) is 49.6 Å². The molecule has 0 saturated carbocycles. The highest BCUT2D eigenvalue weighted by atomic mass is 35.5. The van der Waals surface area contributed by atoms with Gasteiger partial charge in [-0.3, -0.25) is 9.69 Å². The summed E-state index contributed by atoms with van der Waals surface area (Å²) in [7, 11) is 0. The van der Waals surface area contributed by atoms with E-state index in [9.17, 15) is 4.79 Å². The number of piperazine rings is 1. The lowest BCUT2D eigenvalue weighted by atomic mass is 10.1. The molecule has 0 bridgehead atoms. The average Bonchev–Trinajstić information content (AvgIpc) is 2.74. The van der Waals surface area contributed by atoms with Gasteiger partial charge < -0.3 is 10.1 Å². The second-order valence-electron chi connectivity index (χ2n) is 4.53. The number of nitrogens with one attached hydrogen (secondary N) is 1. The molecule has 0 spiro atoms. The Bertz CT molecular complexity index is 448. The van der Waals surface area contributed by atoms with Crippen molar-refractivity contribution in [2.24, 2.45) is 0 Å². The largest absolute Gasteiger partial charge is 0.484 e. The smallest absolute Gasteiger partial charge is 0.203 e. The van der Waals surface area contributed by atoms with Crippen LogP contribution < -0.4 is 10.1 Å². The van der Waals surface area contributed by atoms with Gasteiger partial charge in [-0.25, -0.2) is 0 Å². The zero-order valence-corrected chi connectivity index (χ0v) is 12.2. The van der Waals surface area contributed by atoms with Gasteiger partial charge in [0, 0.05) is 38.3 Å². The van der Waals surface area contributed by atoms with Crippen LogP contribution in [0.2, 0.25) is 0 Å². The van der Waals surface area contributed by atoms with E-state index >= 15 is 0 Å². The van der Waals surface area contributed by atoms with E-state index in [0.29, 0.717) is 0 Å². The molecular weight excluding hydrogens is 287 g/mol. The number of carbonyl (C=O) groups is 1. The number of para-hydroxylation sites is 1. The van der Waals surface area contributed by atoms with E-state index in [1.807, 2.05) is 12.1 Å². The monoisotopic (exact) mass is 304 g/mol. The molecule has 1 aromatic carbocycles. The van der Waals surface area contributed by atoms with E-state index in [1.165, 1.54) is 0 Å². The summed E-state index contributed by atoms with van der Waals surface area (Å²) in [6.07, 6.45) is 0. The van der Waals surface area contributed by atoms with Crippen LogP contribution in [0, 0.1) is 0 Å². The van der Waals surface area contributed by atoms with Gasteiger partial charge in [0.15, 0.2) is 6.61 Å². The molecule has 6 heteroatoms. The number of hydrogen-bond acceptors (Lipinski definition) is 4. The third-order valence-corrected chi connectivity index (χ3v) is 3.35. The van der Waals surface area contributed by atoms with Crippen molar-refractivity contribution in [3.05, 3.63) is 29.3 Å². The summed E-state index contributed by atoms with van der Waals surface area (Å²) in [6, 6.07) is 5.86. The molecule has 3 rings (SSSR count). The first-order valence-electron chi connectivity index (χ1n) is 6.05. The SMILES string of the molecule is Cl.Cl.O=C1COc2c(CN3CCNCC3)cccc21. The molecule has 4 nitrogen and oxygen atoms in total. The van der Waals surface area contributed by atoms with Gasteiger partial charge in [0.05, 0.1) is 5.56 Å². The van der Waals surface area contributed by atoms with Crippen LogP contribution in [0.15, 0.2) is 18.2 Å². The lowest BCUT2D eigenvalue weighted by Crippen LogP contribution is -2.42. The zero-order valence-electron chi connectivity index (χ0n) is 10.6. The fraction of sp³-hybridized carbons (Fsp3) is 0.462. The zero-order chi connectivity index (χ0) is 11.7. The van der Waals surface area contributed by atoms with Crippen molar-refractivity contribution in [3.63, 3.8) is 0 Å². The second kappa shape index (κ2) is 7.10. The number of hydrogen-bond donors (Lipinski definition) is 1. The lowest BCUT2D eigenvalue weighted by molar-refractivity contribution is 0.0961. The van der Waals surface area contributed by atoms with Crippen molar-refractivity contribution in [1.29, 1.82) is 0 Å². The van der Waals surface area contributed by atoms with Crippen LogP contribution in [0.4, 0.5) is 0 Å². The van der Waals surface area contributed by atoms with Crippen molar-refractivity contribution in [1.82, 2.24) is 10.2 Å². The first-order valence-corrected chi connectivity index (χ1v) is 6.05. The Morgan fingerprint density at radius 1 is 1.21 bits per heavy atom. The van der Waals surface area contributed by atoms with Crippen LogP contribution in [0.1, 0.15) is 15.9 Å². The van der Waals surface area contributed by atoms with Gasteiger partial charge in [-0.05, 0) is 6.07 Å². The first-order chi connectivity index (χ1) is 8.34. The van der Waals surface area contributed by atoms with E-state index < -0.39 is 0 Å². The van der Waals surface area contributed by atoms with Crippen molar-refractivity contribution in [2.75, 3.05) is 32.8 Å². The Morgan fingerprint density at radius 3 is 2.68 bits per heavy atom. The molecule has 0 radical (unpaired) electrons. The molecule has 1 N–H and O–H groups in total. The molecule has 0 unspecified atom stereocenters. The molecule has 0 aromatic heterocycles. The van der Waals surface area contributed by atoms with Gasteiger partial charge in [-0.2, -0.15) is 0 Å². The number of nitrogens with zero attached hydrogens (tertiary/aromatic N) is 1. The highest BCUT2D eigenvalue weighted by Gasteiger charge is 2.24. The highest BCUT2D eigenvalue weighted by molar-refractivity contribution is 6.02. The summed E-state index contributed by atoms with van der Waals surface area (Å²) in [4.78, 5) is 13.9. The quantitative estimate of drug-likeness (QED) is 0.899. The normalized spacial score (nSPS) is 18.0. The predicted octanol–water partition coefficient (Wildman–Crippen LogP) is 1.51. The Balaban J connectivity index is 0.000000902. The van der Waals surface area contributed by atoms with Gasteiger partial charge in [-0.15, -0.1) is 24.8 Å². The van der Waals surface area contributed by atoms with Gasteiger partial charge in [0.25, 0.3) is 0 Å². The average molecular weight is 305 g/mol. The Kier molecular flexibility index (Phi) is 6.07. The van der Waals surface area contributed by atoms with Crippen molar-refractivity contribution < 1.29 is 9.53 Å². The number of halogens is 2. The minimum atomic E-state index is 0. The van der Waals surface area contributed by atoms with Crippen molar-refractivity contribution in [3.8, 4) is 5.75 Å². The van der Waals surface area contributed by atoms with E-state index in [-0.39, 0.29) is 37.2 Å². The number of ketones is 1. The van der Waals surface area contributed by atoms with Crippen LogP contribution in [-0.4, -0.2) is 43.5 Å². The molecule has 19 heavy (non-hydrogen) atoms. The molecule has 0 atom stereocenters. The predicted molar refractivity (Wildman–Crippen MR) is 78.9 cm³/mol. The number of rotatable bonds is 2. The number of ether oxygens (including phenoxy) is 1. The van der Waals surface area contributed by atoms with Gasteiger partial charge in [0.2, 0.25) is 5.78 Å². The highest BCUT2D eigenvalue weighted by Crippen LogP contribution is 2.30. The maximum Gasteiger partial charge on any atom is 0.203 e. The van der Waals surface area contributed by atoms with Gasteiger partial charge in [-0.1, -0.05) is 12.1 Å². The summed E-state index contributed by atoms with van der Waals surface area (Å²) in [5, 5.41) is 3.33. The Labute approximate surface area is 125 Å². The Hall–Kier alpha value is -0.810. The fourth-order valence-corrected chi connectivity index (χ4v) is 2.43. The molecule has 1 aromatic rings. The molecule has 106 valence electrons. The van der Waals surface area contributed by atoms with Crippen LogP contribution in [0.3, 0.4) is 0 Å². The molecule has 2 aliphatic rings. The summed E-state index contributed by atoms with van der Waals surface area (Å²) in [6.45, 7) is 5.25. The molecule has 0 aliphatic carbocycles. The van der Waals surface area contributed by atoms with E-state index in [2.05, 4.69) is 16.3 Å². The summed E-state index contributed by atoms with van der Waals surface area (Å²) in [5.74, 6) is 0.901. The summed E-state index contributed by atoms with van der Waals surface area (Å²) >= 11 is 0. The second-order valence-corrected chi connectivity index (χ2v) is 4.53. The van der Waals surface area contributed by atoms with E-state index in [4.69, 9.17) is 4.74 Å².